The van der Waals surface area contributed by atoms with Crippen LogP contribution in [0.15, 0.2) is 53.9 Å². The van der Waals surface area contributed by atoms with Crippen LogP contribution in [0.1, 0.15) is 27.6 Å². The summed E-state index contributed by atoms with van der Waals surface area (Å²) in [5.41, 5.74) is 2.21. The highest BCUT2D eigenvalue weighted by molar-refractivity contribution is 7.15. The van der Waals surface area contributed by atoms with Gasteiger partial charge in [0.15, 0.2) is 0 Å². The van der Waals surface area contributed by atoms with Crippen LogP contribution in [0.2, 0.25) is 10.0 Å². The highest BCUT2D eigenvalue weighted by Gasteiger charge is 2.23. The predicted octanol–water partition coefficient (Wildman–Crippen LogP) is 6.15. The molecule has 1 heterocycles. The van der Waals surface area contributed by atoms with Crippen molar-refractivity contribution in [2.75, 3.05) is 11.9 Å². The van der Waals surface area contributed by atoms with Crippen LogP contribution >= 0.6 is 34.5 Å². The van der Waals surface area contributed by atoms with Gasteiger partial charge in [0.25, 0.3) is 5.91 Å². The highest BCUT2D eigenvalue weighted by atomic mass is 35.5. The molecular weight excluding hydrogens is 405 g/mol. The van der Waals surface area contributed by atoms with E-state index in [4.69, 9.17) is 27.9 Å². The third kappa shape index (κ3) is 4.50. The van der Waals surface area contributed by atoms with Crippen molar-refractivity contribution in [3.05, 3.63) is 75.1 Å². The summed E-state index contributed by atoms with van der Waals surface area (Å²) in [6, 6.07) is 13.7. The fourth-order valence-corrected chi connectivity index (χ4v) is 3.77. The maximum absolute atomic E-state index is 12.6. The van der Waals surface area contributed by atoms with Crippen molar-refractivity contribution < 1.29 is 14.3 Å². The number of carbonyl (C=O) groups excluding carboxylic acids is 2. The van der Waals surface area contributed by atoms with Crippen LogP contribution in [-0.4, -0.2) is 18.5 Å². The Bertz CT molecular complexity index is 983. The molecule has 0 bridgehead atoms. The average Bonchev–Trinajstić information content (AvgIpc) is 3.06. The third-order valence-electron chi connectivity index (χ3n) is 3.74. The molecule has 0 aliphatic rings. The van der Waals surface area contributed by atoms with Crippen molar-refractivity contribution in [2.45, 2.75) is 6.92 Å². The minimum Gasteiger partial charge on any atom is -0.462 e. The summed E-state index contributed by atoms with van der Waals surface area (Å²) in [5.74, 6) is -0.849. The Hall–Kier alpha value is -2.34. The lowest BCUT2D eigenvalue weighted by molar-refractivity contribution is 0.0529. The molecule has 0 unspecified atom stereocenters. The van der Waals surface area contributed by atoms with Crippen molar-refractivity contribution in [1.29, 1.82) is 0 Å². The van der Waals surface area contributed by atoms with Gasteiger partial charge in [0.05, 0.1) is 6.61 Å². The minimum absolute atomic E-state index is 0.233. The number of rotatable bonds is 5. The number of ether oxygens (including phenoxy) is 1. The number of benzene rings is 2. The first-order valence-electron chi connectivity index (χ1n) is 8.11. The summed E-state index contributed by atoms with van der Waals surface area (Å²) < 4.78 is 5.19. The number of carbonyl (C=O) groups is 2. The van der Waals surface area contributed by atoms with Gasteiger partial charge in [0, 0.05) is 26.6 Å². The SMILES string of the molecule is CCOC(=O)c1c(-c2ccc(Cl)cc2)csc1NC(=O)c1cccc(Cl)c1. The molecule has 0 atom stereocenters. The molecule has 0 aliphatic carbocycles. The molecule has 138 valence electrons. The van der Waals surface area contributed by atoms with Crippen LogP contribution in [0.25, 0.3) is 11.1 Å². The number of hydrogen-bond acceptors (Lipinski definition) is 4. The fourth-order valence-electron chi connectivity index (χ4n) is 2.50. The molecule has 3 rings (SSSR count). The van der Waals surface area contributed by atoms with E-state index in [9.17, 15) is 9.59 Å². The molecular formula is C20H15Cl2NO3S. The first-order chi connectivity index (χ1) is 13.0. The van der Waals surface area contributed by atoms with Gasteiger partial charge in [-0.3, -0.25) is 4.79 Å². The lowest BCUT2D eigenvalue weighted by Crippen LogP contribution is -2.14. The van der Waals surface area contributed by atoms with Crippen LogP contribution in [0, 0.1) is 0 Å². The van der Waals surface area contributed by atoms with Crippen molar-refractivity contribution in [2.24, 2.45) is 0 Å². The fraction of sp³-hybridized carbons (Fsp3) is 0.100. The van der Waals surface area contributed by atoms with Gasteiger partial charge in [-0.2, -0.15) is 0 Å². The number of nitrogens with one attached hydrogen (secondary N) is 1. The molecule has 3 aromatic rings. The zero-order valence-corrected chi connectivity index (χ0v) is 16.6. The van der Waals surface area contributed by atoms with E-state index in [1.807, 2.05) is 17.5 Å². The second kappa shape index (κ2) is 8.57. The van der Waals surface area contributed by atoms with E-state index in [0.717, 1.165) is 5.56 Å². The monoisotopic (exact) mass is 419 g/mol. The van der Waals surface area contributed by atoms with Gasteiger partial charge in [-0.15, -0.1) is 11.3 Å². The number of halogens is 2. The summed E-state index contributed by atoms with van der Waals surface area (Å²) in [5, 5.41) is 6.08. The maximum atomic E-state index is 12.6. The van der Waals surface area contributed by atoms with E-state index in [0.29, 0.717) is 31.7 Å². The Morgan fingerprint density at radius 1 is 1.07 bits per heavy atom. The number of amides is 1. The highest BCUT2D eigenvalue weighted by Crippen LogP contribution is 2.37. The Kier molecular flexibility index (Phi) is 6.16. The lowest BCUT2D eigenvalue weighted by atomic mass is 10.0. The number of hydrogen-bond donors (Lipinski definition) is 1. The number of anilines is 1. The Morgan fingerprint density at radius 3 is 2.48 bits per heavy atom. The van der Waals surface area contributed by atoms with Crippen molar-refractivity contribution >= 4 is 51.4 Å². The molecule has 0 aliphatic heterocycles. The van der Waals surface area contributed by atoms with Gasteiger partial charge in [-0.05, 0) is 42.8 Å². The van der Waals surface area contributed by atoms with Gasteiger partial charge in [0.1, 0.15) is 10.6 Å². The maximum Gasteiger partial charge on any atom is 0.341 e. The Morgan fingerprint density at radius 2 is 1.81 bits per heavy atom. The summed E-state index contributed by atoms with van der Waals surface area (Å²) in [6.07, 6.45) is 0. The van der Waals surface area contributed by atoms with E-state index >= 15 is 0 Å². The van der Waals surface area contributed by atoms with Gasteiger partial charge in [0.2, 0.25) is 0 Å². The lowest BCUT2D eigenvalue weighted by Gasteiger charge is -2.09. The summed E-state index contributed by atoms with van der Waals surface area (Å²) in [7, 11) is 0. The molecule has 1 aromatic heterocycles. The summed E-state index contributed by atoms with van der Waals surface area (Å²) in [4.78, 5) is 25.1. The first-order valence-corrected chi connectivity index (χ1v) is 9.74. The Balaban J connectivity index is 1.98. The molecule has 0 fully saturated rings. The standard InChI is InChI=1S/C20H15Cl2NO3S/c1-2-26-20(25)17-16(12-6-8-14(21)9-7-12)11-27-19(17)23-18(24)13-4-3-5-15(22)10-13/h3-11H,2H2,1H3,(H,23,24). The zero-order chi connectivity index (χ0) is 19.4. The quantitative estimate of drug-likeness (QED) is 0.504. The third-order valence-corrected chi connectivity index (χ3v) is 5.12. The molecule has 27 heavy (non-hydrogen) atoms. The van der Waals surface area contributed by atoms with Crippen molar-refractivity contribution in [1.82, 2.24) is 0 Å². The van der Waals surface area contributed by atoms with E-state index in [-0.39, 0.29) is 12.5 Å². The molecule has 1 amide bonds. The van der Waals surface area contributed by atoms with Crippen LogP contribution in [-0.2, 0) is 4.74 Å². The van der Waals surface area contributed by atoms with Crippen LogP contribution < -0.4 is 5.32 Å². The van der Waals surface area contributed by atoms with E-state index in [2.05, 4.69) is 5.32 Å². The van der Waals surface area contributed by atoms with E-state index < -0.39 is 5.97 Å². The normalized spacial score (nSPS) is 10.5. The van der Waals surface area contributed by atoms with Gasteiger partial charge in [-0.25, -0.2) is 4.79 Å². The smallest absolute Gasteiger partial charge is 0.341 e. The molecule has 4 nitrogen and oxygen atoms in total. The van der Waals surface area contributed by atoms with Crippen LogP contribution in [0.5, 0.6) is 0 Å². The molecule has 0 saturated heterocycles. The second-order valence-corrected chi connectivity index (χ2v) is 7.30. The summed E-state index contributed by atoms with van der Waals surface area (Å²) in [6.45, 7) is 1.97. The first kappa shape index (κ1) is 19.4. The predicted molar refractivity (Wildman–Crippen MR) is 110 cm³/mol. The largest absolute Gasteiger partial charge is 0.462 e. The van der Waals surface area contributed by atoms with Gasteiger partial charge < -0.3 is 10.1 Å². The molecule has 1 N–H and O–H groups in total. The van der Waals surface area contributed by atoms with Crippen molar-refractivity contribution in [3.8, 4) is 11.1 Å². The Labute approximate surface area is 170 Å². The molecule has 2 aromatic carbocycles. The zero-order valence-electron chi connectivity index (χ0n) is 14.3. The topological polar surface area (TPSA) is 55.4 Å². The number of esters is 1. The van der Waals surface area contributed by atoms with Gasteiger partial charge >= 0.3 is 5.97 Å². The van der Waals surface area contributed by atoms with Crippen LogP contribution in [0.3, 0.4) is 0 Å². The molecule has 7 heteroatoms. The van der Waals surface area contributed by atoms with Crippen molar-refractivity contribution in [3.63, 3.8) is 0 Å². The molecule has 0 radical (unpaired) electrons. The molecule has 0 saturated carbocycles. The minimum atomic E-state index is -0.495. The summed E-state index contributed by atoms with van der Waals surface area (Å²) >= 11 is 13.2. The molecule has 0 spiro atoms. The van der Waals surface area contributed by atoms with E-state index in [1.54, 1.807) is 43.3 Å². The van der Waals surface area contributed by atoms with Gasteiger partial charge in [-0.1, -0.05) is 41.4 Å². The second-order valence-electron chi connectivity index (χ2n) is 5.55. The average molecular weight is 420 g/mol. The van der Waals surface area contributed by atoms with Crippen LogP contribution in [0.4, 0.5) is 5.00 Å². The number of thiophene rings is 1. The van der Waals surface area contributed by atoms with E-state index in [1.165, 1.54) is 11.3 Å².